The van der Waals surface area contributed by atoms with E-state index in [-0.39, 0.29) is 11.1 Å². The Hall–Kier alpha value is -0.940. The Morgan fingerprint density at radius 2 is 2.38 bits per heavy atom. The first kappa shape index (κ1) is 11.5. The van der Waals surface area contributed by atoms with E-state index in [0.717, 1.165) is 6.54 Å². The van der Waals surface area contributed by atoms with Crippen LogP contribution in [0.3, 0.4) is 0 Å². The highest BCUT2D eigenvalue weighted by Crippen LogP contribution is 2.30. The zero-order valence-corrected chi connectivity index (χ0v) is 9.85. The van der Waals surface area contributed by atoms with Crippen LogP contribution in [-0.4, -0.2) is 30.2 Å². The van der Waals surface area contributed by atoms with Crippen molar-refractivity contribution in [3.05, 3.63) is 29.6 Å². The van der Waals surface area contributed by atoms with Crippen molar-refractivity contribution in [1.82, 2.24) is 5.32 Å². The Morgan fingerprint density at radius 3 is 3.06 bits per heavy atom. The molecule has 1 saturated heterocycles. The summed E-state index contributed by atoms with van der Waals surface area (Å²) in [7, 11) is 0.579. The molecule has 1 aromatic rings. The summed E-state index contributed by atoms with van der Waals surface area (Å²) in [6, 6.07) is 4.34. The quantitative estimate of drug-likeness (QED) is 0.849. The van der Waals surface area contributed by atoms with Crippen molar-refractivity contribution in [3.8, 4) is 5.75 Å². The number of hydrogen-bond donors (Lipinski definition) is 1. The summed E-state index contributed by atoms with van der Waals surface area (Å²) < 4.78 is 30.2. The lowest BCUT2D eigenvalue weighted by molar-refractivity contribution is 0.406. The highest BCUT2D eigenvalue weighted by molar-refractivity contribution is 7.85. The molecule has 2 unspecified atom stereocenters. The second-order valence-corrected chi connectivity index (χ2v) is 5.40. The predicted octanol–water partition coefficient (Wildman–Crippen LogP) is 1.23. The third kappa shape index (κ3) is 2.25. The molecule has 0 saturated carbocycles. The van der Waals surface area contributed by atoms with Gasteiger partial charge < -0.3 is 10.1 Å². The first-order valence-corrected chi connectivity index (χ1v) is 6.52. The van der Waals surface area contributed by atoms with E-state index in [1.54, 1.807) is 6.07 Å². The normalized spacial score (nSPS) is 25.4. The summed E-state index contributed by atoms with van der Waals surface area (Å²) in [5.74, 6) is 0.881. The van der Waals surface area contributed by atoms with Crippen molar-refractivity contribution < 1.29 is 13.3 Å². The summed E-state index contributed by atoms with van der Waals surface area (Å²) >= 11 is 0. The lowest BCUT2D eigenvalue weighted by Gasteiger charge is -2.24. The molecule has 1 aromatic carbocycles. The van der Waals surface area contributed by atoms with Gasteiger partial charge in [0.2, 0.25) is 0 Å². The monoisotopic (exact) mass is 243 g/mol. The molecule has 0 aromatic heterocycles. The smallest absolute Gasteiger partial charge is 0.123 e. The van der Waals surface area contributed by atoms with Gasteiger partial charge in [0.05, 0.1) is 12.4 Å². The second kappa shape index (κ2) is 4.93. The van der Waals surface area contributed by atoms with Crippen molar-refractivity contribution in [2.45, 2.75) is 5.25 Å². The SMILES string of the molecule is COc1ccc(F)cc1C1CNCCS1=O. The molecule has 0 amide bonds. The van der Waals surface area contributed by atoms with E-state index in [0.29, 0.717) is 23.6 Å². The Kier molecular flexibility index (Phi) is 3.56. The zero-order valence-electron chi connectivity index (χ0n) is 9.03. The summed E-state index contributed by atoms with van der Waals surface area (Å²) in [6.07, 6.45) is 0. The second-order valence-electron chi connectivity index (χ2n) is 3.66. The van der Waals surface area contributed by atoms with Crippen LogP contribution in [0.25, 0.3) is 0 Å². The highest BCUT2D eigenvalue weighted by Gasteiger charge is 2.25. The van der Waals surface area contributed by atoms with Crippen LogP contribution in [0.1, 0.15) is 10.8 Å². The number of halogens is 1. The number of ether oxygens (including phenoxy) is 1. The third-order valence-electron chi connectivity index (χ3n) is 2.67. The summed E-state index contributed by atoms with van der Waals surface area (Å²) in [4.78, 5) is 0. The Bertz CT molecular complexity index is 411. The first-order chi connectivity index (χ1) is 7.72. The topological polar surface area (TPSA) is 38.3 Å². The van der Waals surface area contributed by atoms with E-state index < -0.39 is 10.8 Å². The molecule has 1 aliphatic heterocycles. The molecule has 1 fully saturated rings. The molecule has 16 heavy (non-hydrogen) atoms. The van der Waals surface area contributed by atoms with Gasteiger partial charge in [-0.1, -0.05) is 0 Å². The predicted molar refractivity (Wildman–Crippen MR) is 61.6 cm³/mol. The summed E-state index contributed by atoms with van der Waals surface area (Å²) in [5, 5.41) is 2.98. The largest absolute Gasteiger partial charge is 0.496 e. The van der Waals surface area contributed by atoms with Crippen LogP contribution >= 0.6 is 0 Å². The van der Waals surface area contributed by atoms with Gasteiger partial charge in [0.25, 0.3) is 0 Å². The van der Waals surface area contributed by atoms with Crippen molar-refractivity contribution in [3.63, 3.8) is 0 Å². The molecular weight excluding hydrogens is 229 g/mol. The molecule has 0 radical (unpaired) electrons. The van der Waals surface area contributed by atoms with Crippen LogP contribution in [-0.2, 0) is 10.8 Å². The number of hydrogen-bond acceptors (Lipinski definition) is 3. The van der Waals surface area contributed by atoms with Crippen LogP contribution in [0.15, 0.2) is 18.2 Å². The highest BCUT2D eigenvalue weighted by atomic mass is 32.2. The maximum Gasteiger partial charge on any atom is 0.123 e. The van der Waals surface area contributed by atoms with E-state index in [4.69, 9.17) is 4.74 Å². The van der Waals surface area contributed by atoms with E-state index in [2.05, 4.69) is 5.32 Å². The Labute approximate surface area is 96.5 Å². The summed E-state index contributed by atoms with van der Waals surface area (Å²) in [6.45, 7) is 1.35. The molecule has 5 heteroatoms. The van der Waals surface area contributed by atoms with Gasteiger partial charge in [-0.3, -0.25) is 4.21 Å². The van der Waals surface area contributed by atoms with E-state index in [1.807, 2.05) is 0 Å². The van der Waals surface area contributed by atoms with Crippen molar-refractivity contribution >= 4 is 10.8 Å². The van der Waals surface area contributed by atoms with Crippen molar-refractivity contribution in [1.29, 1.82) is 0 Å². The minimum Gasteiger partial charge on any atom is -0.496 e. The maximum absolute atomic E-state index is 13.2. The van der Waals surface area contributed by atoms with Gasteiger partial charge >= 0.3 is 0 Å². The van der Waals surface area contributed by atoms with Gasteiger partial charge in [-0.15, -0.1) is 0 Å². The lowest BCUT2D eigenvalue weighted by atomic mass is 10.1. The Morgan fingerprint density at radius 1 is 1.56 bits per heavy atom. The van der Waals surface area contributed by atoms with Crippen LogP contribution in [0.2, 0.25) is 0 Å². The third-order valence-corrected chi connectivity index (χ3v) is 4.33. The van der Waals surface area contributed by atoms with Crippen LogP contribution in [0, 0.1) is 5.82 Å². The minimum absolute atomic E-state index is 0.181. The van der Waals surface area contributed by atoms with Gasteiger partial charge in [0, 0.05) is 35.2 Å². The molecule has 0 aliphatic carbocycles. The molecule has 3 nitrogen and oxygen atoms in total. The van der Waals surface area contributed by atoms with E-state index in [9.17, 15) is 8.60 Å². The van der Waals surface area contributed by atoms with Crippen LogP contribution in [0.4, 0.5) is 4.39 Å². The molecule has 0 spiro atoms. The fourth-order valence-corrected chi connectivity index (χ4v) is 3.25. The molecule has 1 N–H and O–H groups in total. The summed E-state index contributed by atoms with van der Waals surface area (Å²) in [5.41, 5.74) is 0.688. The van der Waals surface area contributed by atoms with E-state index in [1.165, 1.54) is 19.2 Å². The van der Waals surface area contributed by atoms with Crippen LogP contribution in [0.5, 0.6) is 5.75 Å². The van der Waals surface area contributed by atoms with Gasteiger partial charge in [0.1, 0.15) is 11.6 Å². The molecule has 2 rings (SSSR count). The average molecular weight is 243 g/mol. The minimum atomic E-state index is -0.958. The van der Waals surface area contributed by atoms with Gasteiger partial charge in [-0.2, -0.15) is 0 Å². The van der Waals surface area contributed by atoms with Gasteiger partial charge in [-0.05, 0) is 18.2 Å². The number of nitrogens with one attached hydrogen (secondary N) is 1. The Balaban J connectivity index is 2.36. The molecule has 88 valence electrons. The lowest BCUT2D eigenvalue weighted by Crippen LogP contribution is -2.35. The fourth-order valence-electron chi connectivity index (χ4n) is 1.85. The van der Waals surface area contributed by atoms with E-state index >= 15 is 0 Å². The first-order valence-electron chi connectivity index (χ1n) is 5.13. The molecular formula is C11H14FNO2S. The number of methoxy groups -OCH3 is 1. The molecule has 1 aliphatic rings. The maximum atomic E-state index is 13.2. The van der Waals surface area contributed by atoms with Crippen molar-refractivity contribution in [2.75, 3.05) is 26.0 Å². The number of benzene rings is 1. The van der Waals surface area contributed by atoms with Crippen molar-refractivity contribution in [2.24, 2.45) is 0 Å². The number of rotatable bonds is 2. The fraction of sp³-hybridized carbons (Fsp3) is 0.455. The molecule has 2 atom stereocenters. The van der Waals surface area contributed by atoms with Gasteiger partial charge in [0.15, 0.2) is 0 Å². The standard InChI is InChI=1S/C11H14FNO2S/c1-15-10-3-2-8(12)6-9(10)11-7-13-4-5-16(11)14/h2-3,6,11,13H,4-5,7H2,1H3. The van der Waals surface area contributed by atoms with Crippen LogP contribution < -0.4 is 10.1 Å². The average Bonchev–Trinajstić information content (AvgIpc) is 2.29. The van der Waals surface area contributed by atoms with Gasteiger partial charge in [-0.25, -0.2) is 4.39 Å². The molecule has 1 heterocycles. The molecule has 0 bridgehead atoms. The zero-order chi connectivity index (χ0) is 11.5.